The van der Waals surface area contributed by atoms with Gasteiger partial charge in [0.05, 0.1) is 5.69 Å². The Kier molecular flexibility index (Phi) is 7.59. The number of benzene rings is 4. The number of nitrogens with zero attached hydrogens (tertiary/aromatic N) is 5. The molecule has 0 saturated heterocycles. The highest BCUT2D eigenvalue weighted by Crippen LogP contribution is 2.35. The molecule has 1 aromatic heterocycles. The van der Waals surface area contributed by atoms with E-state index in [-0.39, 0.29) is 35.9 Å². The van der Waals surface area contributed by atoms with Crippen LogP contribution >= 0.6 is 0 Å². The molecule has 0 aliphatic heterocycles. The summed E-state index contributed by atoms with van der Waals surface area (Å²) in [5, 5.41) is 27.3. The molecule has 0 bridgehead atoms. The molecule has 1 heterocycles. The summed E-state index contributed by atoms with van der Waals surface area (Å²) in [7, 11) is 0. The number of anilines is 1. The fourth-order valence-electron chi connectivity index (χ4n) is 5.48. The van der Waals surface area contributed by atoms with Crippen molar-refractivity contribution < 1.29 is 19.1 Å². The lowest BCUT2D eigenvalue weighted by atomic mass is 10.00. The van der Waals surface area contributed by atoms with Crippen LogP contribution in [-0.4, -0.2) is 43.2 Å². The normalized spacial score (nSPS) is 14.1. The highest BCUT2D eigenvalue weighted by molar-refractivity contribution is 6.07. The van der Waals surface area contributed by atoms with E-state index in [1.807, 2.05) is 42.5 Å². The van der Waals surface area contributed by atoms with E-state index in [4.69, 9.17) is 0 Å². The van der Waals surface area contributed by atoms with Gasteiger partial charge in [0.25, 0.3) is 5.91 Å². The number of aromatic nitrogens is 4. The standard InChI is InChI=1S/C32H29FN6O3/c33-24-16-12-23(13-17-24)31-35-37-38(36-31)20-29(41)39(28-11-5-7-21-6-1-4-10-27(21)28)30(22-14-18-26(40)19-15-22)32(42)34-25-8-2-3-9-25/h1,4-7,10-19,25,30,40H,2-3,8-9,20H2,(H,34,42)/t30-/m0/s1. The van der Waals surface area contributed by atoms with Crippen molar-refractivity contribution in [3.05, 3.63) is 102 Å². The molecule has 6 rings (SSSR count). The number of hydrogen-bond acceptors (Lipinski definition) is 6. The van der Waals surface area contributed by atoms with Crippen molar-refractivity contribution in [2.75, 3.05) is 4.90 Å². The third-order valence-corrected chi connectivity index (χ3v) is 7.54. The minimum atomic E-state index is -1.04. The molecule has 212 valence electrons. The lowest BCUT2D eigenvalue weighted by Crippen LogP contribution is -2.47. The smallest absolute Gasteiger partial charge is 0.251 e. The first kappa shape index (κ1) is 27.1. The van der Waals surface area contributed by atoms with Crippen molar-refractivity contribution in [2.24, 2.45) is 0 Å². The summed E-state index contributed by atoms with van der Waals surface area (Å²) in [6, 6.07) is 24.2. The molecule has 1 fully saturated rings. The number of aromatic hydroxyl groups is 1. The van der Waals surface area contributed by atoms with Gasteiger partial charge in [0.15, 0.2) is 0 Å². The van der Waals surface area contributed by atoms with Gasteiger partial charge in [-0.25, -0.2) is 4.39 Å². The van der Waals surface area contributed by atoms with Crippen LogP contribution in [0.4, 0.5) is 10.1 Å². The minimum absolute atomic E-state index is 0.0248. The Morgan fingerprint density at radius 3 is 2.43 bits per heavy atom. The maximum atomic E-state index is 14.3. The van der Waals surface area contributed by atoms with Crippen molar-refractivity contribution in [2.45, 2.75) is 44.3 Å². The van der Waals surface area contributed by atoms with Gasteiger partial charge in [0.2, 0.25) is 11.7 Å². The van der Waals surface area contributed by atoms with E-state index in [2.05, 4.69) is 20.7 Å². The number of carbonyl (C=O) groups excluding carboxylic acids is 2. The number of phenols is 1. The molecule has 10 heteroatoms. The van der Waals surface area contributed by atoms with Crippen molar-refractivity contribution in [3.63, 3.8) is 0 Å². The Morgan fingerprint density at radius 1 is 0.952 bits per heavy atom. The predicted octanol–water partition coefficient (Wildman–Crippen LogP) is 5.17. The molecule has 1 aliphatic rings. The number of fused-ring (bicyclic) bond motifs is 1. The van der Waals surface area contributed by atoms with E-state index < -0.39 is 11.9 Å². The van der Waals surface area contributed by atoms with Crippen LogP contribution in [0.3, 0.4) is 0 Å². The van der Waals surface area contributed by atoms with Gasteiger partial charge in [-0.1, -0.05) is 61.4 Å². The van der Waals surface area contributed by atoms with Crippen molar-refractivity contribution in [1.29, 1.82) is 0 Å². The number of phenolic OH excluding ortho intramolecular Hbond substituents is 1. The number of carbonyl (C=O) groups is 2. The Hall–Kier alpha value is -5.12. The van der Waals surface area contributed by atoms with Crippen LogP contribution in [0.2, 0.25) is 0 Å². The largest absolute Gasteiger partial charge is 0.508 e. The lowest BCUT2D eigenvalue weighted by Gasteiger charge is -2.33. The maximum Gasteiger partial charge on any atom is 0.251 e. The lowest BCUT2D eigenvalue weighted by molar-refractivity contribution is -0.127. The van der Waals surface area contributed by atoms with Crippen LogP contribution in [0.5, 0.6) is 5.75 Å². The first-order chi connectivity index (χ1) is 20.5. The molecule has 1 saturated carbocycles. The number of tetrazole rings is 1. The highest BCUT2D eigenvalue weighted by atomic mass is 19.1. The van der Waals surface area contributed by atoms with Crippen LogP contribution in [0.1, 0.15) is 37.3 Å². The van der Waals surface area contributed by atoms with Crippen LogP contribution in [-0.2, 0) is 16.1 Å². The maximum absolute atomic E-state index is 14.3. The third kappa shape index (κ3) is 5.69. The number of nitrogens with one attached hydrogen (secondary N) is 1. The fraction of sp³-hybridized carbons (Fsp3) is 0.219. The summed E-state index contributed by atoms with van der Waals surface area (Å²) >= 11 is 0. The molecule has 1 aliphatic carbocycles. The third-order valence-electron chi connectivity index (χ3n) is 7.54. The molecular weight excluding hydrogens is 535 g/mol. The zero-order valence-corrected chi connectivity index (χ0v) is 22.7. The number of halogens is 1. The van der Waals surface area contributed by atoms with Gasteiger partial charge in [0.1, 0.15) is 24.2 Å². The molecule has 0 radical (unpaired) electrons. The second-order valence-electron chi connectivity index (χ2n) is 10.4. The van der Waals surface area contributed by atoms with Crippen molar-refractivity contribution in [1.82, 2.24) is 25.5 Å². The van der Waals surface area contributed by atoms with Gasteiger partial charge in [-0.05, 0) is 71.5 Å². The average Bonchev–Trinajstić information content (AvgIpc) is 3.69. The highest BCUT2D eigenvalue weighted by Gasteiger charge is 2.35. The fourth-order valence-corrected chi connectivity index (χ4v) is 5.48. The molecule has 42 heavy (non-hydrogen) atoms. The molecule has 9 nitrogen and oxygen atoms in total. The summed E-state index contributed by atoms with van der Waals surface area (Å²) in [4.78, 5) is 31.0. The molecule has 0 spiro atoms. The summed E-state index contributed by atoms with van der Waals surface area (Å²) in [5.41, 5.74) is 1.65. The SMILES string of the molecule is O=C(NC1CCCC1)[C@H](c1ccc(O)cc1)N(C(=O)Cn1nnc(-c2ccc(F)cc2)n1)c1cccc2ccccc12. The van der Waals surface area contributed by atoms with E-state index in [1.54, 1.807) is 12.1 Å². The van der Waals surface area contributed by atoms with Gasteiger partial charge >= 0.3 is 0 Å². The van der Waals surface area contributed by atoms with E-state index in [9.17, 15) is 19.1 Å². The van der Waals surface area contributed by atoms with Crippen LogP contribution in [0.25, 0.3) is 22.2 Å². The molecule has 2 N–H and O–H groups in total. The van der Waals surface area contributed by atoms with Gasteiger partial charge < -0.3 is 10.4 Å². The molecular formula is C32H29FN6O3. The second-order valence-corrected chi connectivity index (χ2v) is 10.4. The summed E-state index contributed by atoms with van der Waals surface area (Å²) in [6.45, 7) is -0.303. The van der Waals surface area contributed by atoms with Gasteiger partial charge in [-0.15, -0.1) is 10.2 Å². The van der Waals surface area contributed by atoms with Crippen molar-refractivity contribution in [3.8, 4) is 17.1 Å². The van der Waals surface area contributed by atoms with E-state index in [1.165, 1.54) is 46.1 Å². The molecule has 4 aromatic carbocycles. The zero-order chi connectivity index (χ0) is 29.1. The number of rotatable bonds is 8. The quantitative estimate of drug-likeness (QED) is 0.269. The summed E-state index contributed by atoms with van der Waals surface area (Å²) in [6.07, 6.45) is 3.83. The summed E-state index contributed by atoms with van der Waals surface area (Å²) < 4.78 is 13.4. The monoisotopic (exact) mass is 564 g/mol. The van der Waals surface area contributed by atoms with Gasteiger partial charge in [-0.2, -0.15) is 4.80 Å². The number of amides is 2. The summed E-state index contributed by atoms with van der Waals surface area (Å²) in [5.74, 6) is -0.838. The zero-order valence-electron chi connectivity index (χ0n) is 22.7. The Balaban J connectivity index is 1.42. The molecule has 5 aromatic rings. The first-order valence-corrected chi connectivity index (χ1v) is 13.9. The molecule has 0 unspecified atom stereocenters. The van der Waals surface area contributed by atoms with Crippen molar-refractivity contribution >= 4 is 28.3 Å². The van der Waals surface area contributed by atoms with Gasteiger partial charge in [0, 0.05) is 17.0 Å². The van der Waals surface area contributed by atoms with E-state index in [0.29, 0.717) is 16.8 Å². The molecule has 1 atom stereocenters. The number of hydrogen-bond donors (Lipinski definition) is 2. The topological polar surface area (TPSA) is 113 Å². The second kappa shape index (κ2) is 11.8. The van der Waals surface area contributed by atoms with Crippen LogP contribution in [0.15, 0.2) is 91.0 Å². The Labute approximate surface area is 241 Å². The van der Waals surface area contributed by atoms with E-state index in [0.717, 1.165) is 36.5 Å². The predicted molar refractivity (Wildman–Crippen MR) is 156 cm³/mol. The first-order valence-electron chi connectivity index (χ1n) is 13.9. The average molecular weight is 565 g/mol. The van der Waals surface area contributed by atoms with Crippen LogP contribution < -0.4 is 10.2 Å². The Morgan fingerprint density at radius 2 is 1.67 bits per heavy atom. The van der Waals surface area contributed by atoms with E-state index >= 15 is 0 Å². The minimum Gasteiger partial charge on any atom is -0.508 e. The van der Waals surface area contributed by atoms with Crippen LogP contribution in [0, 0.1) is 5.82 Å². The molecule has 2 amide bonds. The van der Waals surface area contributed by atoms with Gasteiger partial charge in [-0.3, -0.25) is 14.5 Å². The Bertz CT molecular complexity index is 1710.